The van der Waals surface area contributed by atoms with Crippen molar-refractivity contribution < 1.29 is 14.3 Å². The lowest BCUT2D eigenvalue weighted by Crippen LogP contribution is -2.39. The molecule has 2 aromatic rings. The number of carbonyl (C=O) groups excluding carboxylic acids is 1. The minimum absolute atomic E-state index is 0.176. The fourth-order valence-electron chi connectivity index (χ4n) is 2.92. The number of aromatic nitrogens is 2. The molecular weight excluding hydrogens is 368 g/mol. The Bertz CT molecular complexity index is 931. The van der Waals surface area contributed by atoms with Gasteiger partial charge in [-0.2, -0.15) is 5.26 Å². The lowest BCUT2D eigenvalue weighted by molar-refractivity contribution is 0.0359. The number of rotatable bonds is 6. The van der Waals surface area contributed by atoms with E-state index in [-0.39, 0.29) is 11.3 Å². The molecule has 0 N–H and O–H groups in total. The number of hydrogen-bond donors (Lipinski definition) is 0. The van der Waals surface area contributed by atoms with Gasteiger partial charge in [-0.05, 0) is 18.2 Å². The van der Waals surface area contributed by atoms with Gasteiger partial charge in [0.1, 0.15) is 0 Å². The molecule has 1 aliphatic rings. The second-order valence-corrected chi connectivity index (χ2v) is 6.92. The van der Waals surface area contributed by atoms with Gasteiger partial charge in [0.05, 0.1) is 48.6 Å². The van der Waals surface area contributed by atoms with Crippen LogP contribution >= 0.6 is 11.8 Å². The highest BCUT2D eigenvalue weighted by atomic mass is 32.2. The highest BCUT2D eigenvalue weighted by Crippen LogP contribution is 2.19. The minimum atomic E-state index is -0.485. The van der Waals surface area contributed by atoms with Crippen molar-refractivity contribution in [1.82, 2.24) is 14.5 Å². The molecule has 0 spiro atoms. The van der Waals surface area contributed by atoms with Crippen LogP contribution in [0.5, 0.6) is 0 Å². The van der Waals surface area contributed by atoms with Crippen molar-refractivity contribution >= 4 is 28.6 Å². The Hall–Kier alpha value is -2.41. The molecule has 142 valence electrons. The zero-order valence-electron chi connectivity index (χ0n) is 15.0. The zero-order valence-corrected chi connectivity index (χ0v) is 15.8. The largest absolute Gasteiger partial charge is 0.465 e. The molecule has 0 atom stereocenters. The van der Waals surface area contributed by atoms with Gasteiger partial charge in [-0.15, -0.1) is 0 Å². The second-order valence-electron chi connectivity index (χ2n) is 5.98. The van der Waals surface area contributed by atoms with Crippen molar-refractivity contribution in [3.8, 4) is 6.07 Å². The molecule has 0 saturated carbocycles. The highest BCUT2D eigenvalue weighted by molar-refractivity contribution is 7.99. The molecule has 0 amide bonds. The maximum atomic E-state index is 13.0. The molecule has 0 bridgehead atoms. The Balaban J connectivity index is 1.96. The van der Waals surface area contributed by atoms with Crippen molar-refractivity contribution in [2.45, 2.75) is 11.7 Å². The Morgan fingerprint density at radius 1 is 1.37 bits per heavy atom. The summed E-state index contributed by atoms with van der Waals surface area (Å²) in [6.07, 6.45) is 0. The van der Waals surface area contributed by atoms with E-state index in [1.165, 1.54) is 18.9 Å². The van der Waals surface area contributed by atoms with Gasteiger partial charge >= 0.3 is 5.97 Å². The first-order valence-corrected chi connectivity index (χ1v) is 9.55. The third-order valence-corrected chi connectivity index (χ3v) is 5.19. The molecule has 0 radical (unpaired) electrons. The molecular formula is C18H20N4O4S. The zero-order chi connectivity index (χ0) is 19.2. The number of methoxy groups -OCH3 is 1. The van der Waals surface area contributed by atoms with Crippen LogP contribution < -0.4 is 5.56 Å². The molecule has 1 aromatic carbocycles. The number of fused-ring (bicyclic) bond motifs is 1. The van der Waals surface area contributed by atoms with Gasteiger partial charge in [-0.1, -0.05) is 11.8 Å². The molecule has 9 heteroatoms. The Morgan fingerprint density at radius 3 is 2.85 bits per heavy atom. The van der Waals surface area contributed by atoms with Gasteiger partial charge in [0.15, 0.2) is 5.16 Å². The predicted octanol–water partition coefficient (Wildman–Crippen LogP) is 1.13. The fourth-order valence-corrected chi connectivity index (χ4v) is 3.60. The van der Waals surface area contributed by atoms with E-state index in [1.807, 2.05) is 0 Å². The number of thioether (sulfide) groups is 1. The summed E-state index contributed by atoms with van der Waals surface area (Å²) < 4.78 is 11.7. The van der Waals surface area contributed by atoms with Crippen LogP contribution in [0.25, 0.3) is 10.9 Å². The summed E-state index contributed by atoms with van der Waals surface area (Å²) >= 11 is 1.21. The quantitative estimate of drug-likeness (QED) is 0.413. The lowest BCUT2D eigenvalue weighted by atomic mass is 10.1. The number of carbonyl (C=O) groups is 1. The monoisotopic (exact) mass is 388 g/mol. The van der Waals surface area contributed by atoms with Crippen molar-refractivity contribution in [3.63, 3.8) is 0 Å². The number of nitrogens with zero attached hydrogens (tertiary/aromatic N) is 4. The van der Waals surface area contributed by atoms with Gasteiger partial charge in [0, 0.05) is 26.2 Å². The van der Waals surface area contributed by atoms with E-state index in [2.05, 4.69) is 16.0 Å². The molecule has 0 unspecified atom stereocenters. The van der Waals surface area contributed by atoms with Gasteiger partial charge < -0.3 is 9.47 Å². The molecule has 1 fully saturated rings. The lowest BCUT2D eigenvalue weighted by Gasteiger charge is -2.27. The first-order chi connectivity index (χ1) is 13.1. The maximum absolute atomic E-state index is 13.0. The molecule has 1 aromatic heterocycles. The molecule has 2 heterocycles. The third-order valence-electron chi connectivity index (χ3n) is 4.35. The summed E-state index contributed by atoms with van der Waals surface area (Å²) in [6, 6.07) is 6.77. The minimum Gasteiger partial charge on any atom is -0.465 e. The number of morpholine rings is 1. The van der Waals surface area contributed by atoms with E-state index in [9.17, 15) is 9.59 Å². The van der Waals surface area contributed by atoms with Crippen LogP contribution in [0.2, 0.25) is 0 Å². The summed E-state index contributed by atoms with van der Waals surface area (Å²) in [6.45, 7) is 4.23. The standard InChI is InChI=1S/C18H20N4O4S/c1-25-17(24)13-2-3-14-15(12-13)20-18(27-11-4-19)22(16(14)23)6-5-21-7-9-26-10-8-21/h2-3,12H,5-11H2,1H3. The average molecular weight is 388 g/mol. The molecule has 1 aliphatic heterocycles. The van der Waals surface area contributed by atoms with Crippen molar-refractivity contribution in [2.24, 2.45) is 0 Å². The van der Waals surface area contributed by atoms with Crippen LogP contribution in [0.3, 0.4) is 0 Å². The van der Waals surface area contributed by atoms with Crippen LogP contribution in [0.4, 0.5) is 0 Å². The maximum Gasteiger partial charge on any atom is 0.337 e. The van der Waals surface area contributed by atoms with E-state index in [0.29, 0.717) is 47.9 Å². The Morgan fingerprint density at radius 2 is 2.15 bits per heavy atom. The van der Waals surface area contributed by atoms with E-state index in [4.69, 9.17) is 14.7 Å². The fraction of sp³-hybridized carbons (Fsp3) is 0.444. The summed E-state index contributed by atoms with van der Waals surface area (Å²) in [4.78, 5) is 31.5. The van der Waals surface area contributed by atoms with Crippen LogP contribution in [-0.2, 0) is 16.0 Å². The third kappa shape index (κ3) is 4.47. The van der Waals surface area contributed by atoms with Crippen LogP contribution in [0.15, 0.2) is 28.2 Å². The molecule has 27 heavy (non-hydrogen) atoms. The van der Waals surface area contributed by atoms with Crippen molar-refractivity contribution in [2.75, 3.05) is 45.7 Å². The van der Waals surface area contributed by atoms with Crippen LogP contribution in [-0.4, -0.2) is 66.1 Å². The van der Waals surface area contributed by atoms with E-state index in [1.54, 1.807) is 22.8 Å². The SMILES string of the molecule is COC(=O)c1ccc2c(=O)n(CCN3CCOCC3)c(SCC#N)nc2c1. The Labute approximate surface area is 160 Å². The first kappa shape index (κ1) is 19.4. The van der Waals surface area contributed by atoms with Gasteiger partial charge in [0.2, 0.25) is 0 Å². The number of ether oxygens (including phenoxy) is 2. The normalized spacial score (nSPS) is 14.8. The van der Waals surface area contributed by atoms with E-state index in [0.717, 1.165) is 13.1 Å². The molecule has 8 nitrogen and oxygen atoms in total. The molecule has 3 rings (SSSR count). The van der Waals surface area contributed by atoms with Crippen molar-refractivity contribution in [1.29, 1.82) is 5.26 Å². The van der Waals surface area contributed by atoms with Gasteiger partial charge in [-0.25, -0.2) is 9.78 Å². The van der Waals surface area contributed by atoms with E-state index < -0.39 is 5.97 Å². The number of nitriles is 1. The first-order valence-electron chi connectivity index (χ1n) is 8.57. The van der Waals surface area contributed by atoms with Crippen LogP contribution in [0, 0.1) is 11.3 Å². The molecule has 0 aliphatic carbocycles. The summed E-state index contributed by atoms with van der Waals surface area (Å²) in [7, 11) is 1.30. The Kier molecular flexibility index (Phi) is 6.45. The highest BCUT2D eigenvalue weighted by Gasteiger charge is 2.16. The summed E-state index contributed by atoms with van der Waals surface area (Å²) in [5, 5.41) is 9.83. The number of benzene rings is 1. The second kappa shape index (κ2) is 8.99. The summed E-state index contributed by atoms with van der Waals surface area (Å²) in [5.41, 5.74) is 0.579. The predicted molar refractivity (Wildman–Crippen MR) is 101 cm³/mol. The van der Waals surface area contributed by atoms with Gasteiger partial charge in [0.25, 0.3) is 5.56 Å². The summed E-state index contributed by atoms with van der Waals surface area (Å²) in [5.74, 6) is -0.298. The molecule has 1 saturated heterocycles. The van der Waals surface area contributed by atoms with Crippen molar-refractivity contribution in [3.05, 3.63) is 34.1 Å². The van der Waals surface area contributed by atoms with Gasteiger partial charge in [-0.3, -0.25) is 14.3 Å². The van der Waals surface area contributed by atoms with Crippen LogP contribution in [0.1, 0.15) is 10.4 Å². The van der Waals surface area contributed by atoms with E-state index >= 15 is 0 Å². The number of hydrogen-bond acceptors (Lipinski definition) is 8. The topological polar surface area (TPSA) is 97.5 Å². The average Bonchev–Trinajstić information content (AvgIpc) is 2.71. The number of esters is 1. The smallest absolute Gasteiger partial charge is 0.337 e.